The van der Waals surface area contributed by atoms with Gasteiger partial charge < -0.3 is 4.74 Å². The van der Waals surface area contributed by atoms with Gasteiger partial charge in [0.25, 0.3) is 0 Å². The Kier molecular flexibility index (Phi) is 4.26. The Labute approximate surface area is 89.6 Å². The van der Waals surface area contributed by atoms with Crippen LogP contribution in [0.3, 0.4) is 0 Å². The molecule has 0 atom stereocenters. The van der Waals surface area contributed by atoms with Gasteiger partial charge in [0.05, 0.1) is 5.56 Å². The van der Waals surface area contributed by atoms with E-state index < -0.39 is 0 Å². The number of carbonyl (C=O) groups is 1. The van der Waals surface area contributed by atoms with Crippen molar-refractivity contribution in [2.45, 2.75) is 0 Å². The number of esters is 1. The lowest BCUT2D eigenvalue weighted by molar-refractivity contribution is 0.0556. The van der Waals surface area contributed by atoms with Crippen LogP contribution >= 0.6 is 22.6 Å². The molecule has 0 amide bonds. The predicted octanol–water partition coefficient (Wildman–Crippen LogP) is 1.63. The summed E-state index contributed by atoms with van der Waals surface area (Å²) in [6, 6.07) is 3.19. The molecule has 1 rings (SSSR count). The summed E-state index contributed by atoms with van der Waals surface area (Å²) < 4.78 is 7.43. The van der Waals surface area contributed by atoms with E-state index in [1.165, 1.54) is 0 Å². The molecule has 1 heterocycles. The minimum atomic E-state index is -0.374. The topological polar surface area (TPSA) is 39.2 Å². The highest BCUT2D eigenvalue weighted by Crippen LogP contribution is 1.98. The third-order valence-electron chi connectivity index (χ3n) is 1.26. The molecule has 66 valence electrons. The molecule has 0 fully saturated rings. The molecular weight excluding hydrogens is 281 g/mol. The van der Waals surface area contributed by atoms with Crippen molar-refractivity contribution in [1.82, 2.24) is 4.98 Å². The Morgan fingerprint density at radius 1 is 1.54 bits per heavy atom. The zero-order valence-corrected chi connectivity index (χ0v) is 8.82. The van der Waals surface area contributed by atoms with Crippen molar-refractivity contribution in [2.24, 2.45) is 0 Å². The van der Waals surface area contributed by atoms with Gasteiger partial charge in [0.2, 0.25) is 0 Å². The number of halogens is 1. The van der Waals surface area contributed by atoms with Crippen molar-refractivity contribution in [2.75, 3.05) is 6.61 Å². The summed E-state index contributed by atoms with van der Waals surface area (Å²) in [5.74, 6) is 2.25. The molecule has 0 aromatic carbocycles. The Bertz CT molecular complexity index is 340. The largest absolute Gasteiger partial charge is 0.449 e. The molecule has 0 saturated carbocycles. The van der Waals surface area contributed by atoms with Crippen LogP contribution in [-0.4, -0.2) is 17.6 Å². The highest BCUT2D eigenvalue weighted by Gasteiger charge is 2.03. The fourth-order valence-corrected chi connectivity index (χ4v) is 0.856. The number of aromatic nitrogens is 1. The summed E-state index contributed by atoms with van der Waals surface area (Å²) in [5.41, 5.74) is 0.491. The van der Waals surface area contributed by atoms with Gasteiger partial charge in [-0.15, -0.1) is 0 Å². The zero-order valence-electron chi connectivity index (χ0n) is 6.66. The number of rotatable bonds is 2. The third kappa shape index (κ3) is 3.42. The molecule has 1 aromatic rings. The first-order valence-corrected chi connectivity index (χ1v) is 4.58. The molecule has 1 aromatic heterocycles. The first-order chi connectivity index (χ1) is 6.34. The number of ether oxygens (including phenoxy) is 1. The van der Waals surface area contributed by atoms with Gasteiger partial charge in [0.15, 0.2) is 6.61 Å². The van der Waals surface area contributed by atoms with Gasteiger partial charge in [-0.25, -0.2) is 4.79 Å². The van der Waals surface area contributed by atoms with Crippen molar-refractivity contribution < 1.29 is 9.53 Å². The highest BCUT2D eigenvalue weighted by molar-refractivity contribution is 14.1. The second-order valence-electron chi connectivity index (χ2n) is 2.08. The molecule has 0 bridgehead atoms. The van der Waals surface area contributed by atoms with E-state index in [1.54, 1.807) is 24.5 Å². The number of hydrogen-bond acceptors (Lipinski definition) is 3. The van der Waals surface area contributed by atoms with E-state index in [0.717, 1.165) is 0 Å². The van der Waals surface area contributed by atoms with Crippen LogP contribution in [0, 0.1) is 9.85 Å². The Morgan fingerprint density at radius 2 is 2.23 bits per heavy atom. The molecule has 0 aliphatic heterocycles. The predicted molar refractivity (Wildman–Crippen MR) is 56.3 cm³/mol. The maximum Gasteiger partial charge on any atom is 0.339 e. The maximum atomic E-state index is 11.2. The number of nitrogens with zero attached hydrogens (tertiary/aromatic N) is 1. The van der Waals surface area contributed by atoms with E-state index in [9.17, 15) is 4.79 Å². The van der Waals surface area contributed by atoms with Crippen LogP contribution in [0.4, 0.5) is 0 Å². The number of pyridine rings is 1. The quantitative estimate of drug-likeness (QED) is 0.471. The van der Waals surface area contributed by atoms with E-state index in [1.807, 2.05) is 22.6 Å². The standard InChI is InChI=1S/C9H6INO2/c10-4-1-7-13-9(12)8-2-5-11-6-3-8/h2-3,5-6H,7H2. The molecule has 0 spiro atoms. The molecule has 0 radical (unpaired) electrons. The van der Waals surface area contributed by atoms with Crippen molar-refractivity contribution in [3.63, 3.8) is 0 Å². The number of carbonyl (C=O) groups excluding carboxylic acids is 1. The van der Waals surface area contributed by atoms with Gasteiger partial charge >= 0.3 is 5.97 Å². The van der Waals surface area contributed by atoms with Gasteiger partial charge in [0.1, 0.15) is 0 Å². The van der Waals surface area contributed by atoms with Gasteiger partial charge in [-0.3, -0.25) is 4.98 Å². The Morgan fingerprint density at radius 3 is 2.85 bits per heavy atom. The summed E-state index contributed by atoms with van der Waals surface area (Å²) in [6.45, 7) is 0.129. The van der Waals surface area contributed by atoms with E-state index >= 15 is 0 Å². The molecular formula is C9H6INO2. The molecule has 0 aliphatic rings. The Balaban J connectivity index is 2.53. The smallest absolute Gasteiger partial charge is 0.339 e. The second-order valence-corrected chi connectivity index (χ2v) is 2.62. The van der Waals surface area contributed by atoms with Crippen LogP contribution in [0.2, 0.25) is 0 Å². The van der Waals surface area contributed by atoms with Gasteiger partial charge in [-0.05, 0) is 16.1 Å². The fraction of sp³-hybridized carbons (Fsp3) is 0.111. The third-order valence-corrected chi connectivity index (χ3v) is 1.64. The van der Waals surface area contributed by atoms with Crippen LogP contribution in [0.1, 0.15) is 10.4 Å². The molecule has 4 heteroatoms. The normalized spacial score (nSPS) is 8.38. The van der Waals surface area contributed by atoms with E-state index in [0.29, 0.717) is 5.56 Å². The Hall–Kier alpha value is -1.09. The lowest BCUT2D eigenvalue weighted by Crippen LogP contribution is -2.04. The second kappa shape index (κ2) is 5.54. The van der Waals surface area contributed by atoms with Crippen LogP contribution in [-0.2, 0) is 4.74 Å². The van der Waals surface area contributed by atoms with Gasteiger partial charge in [0, 0.05) is 35.0 Å². The fourth-order valence-electron chi connectivity index (χ4n) is 0.700. The summed E-state index contributed by atoms with van der Waals surface area (Å²) in [4.78, 5) is 15.0. The lowest BCUT2D eigenvalue weighted by atomic mass is 10.3. The molecule has 0 aliphatic carbocycles. The summed E-state index contributed by atoms with van der Waals surface area (Å²) >= 11 is 1.89. The van der Waals surface area contributed by atoms with Crippen molar-refractivity contribution in [3.8, 4) is 9.85 Å². The highest BCUT2D eigenvalue weighted by atomic mass is 127. The molecule has 0 unspecified atom stereocenters. The monoisotopic (exact) mass is 287 g/mol. The van der Waals surface area contributed by atoms with Crippen molar-refractivity contribution in [3.05, 3.63) is 30.1 Å². The lowest BCUT2D eigenvalue weighted by Gasteiger charge is -1.98. The van der Waals surface area contributed by atoms with Crippen LogP contribution in [0.25, 0.3) is 0 Å². The molecule has 0 saturated heterocycles. The average Bonchev–Trinajstić information content (AvgIpc) is 2.19. The summed E-state index contributed by atoms with van der Waals surface area (Å²) in [7, 11) is 0. The summed E-state index contributed by atoms with van der Waals surface area (Å²) in [6.07, 6.45) is 3.08. The number of hydrogen-bond donors (Lipinski definition) is 0. The van der Waals surface area contributed by atoms with E-state index in [2.05, 4.69) is 14.8 Å². The molecule has 3 nitrogen and oxygen atoms in total. The van der Waals surface area contributed by atoms with Crippen LogP contribution in [0.5, 0.6) is 0 Å². The van der Waals surface area contributed by atoms with Crippen molar-refractivity contribution >= 4 is 28.6 Å². The van der Waals surface area contributed by atoms with E-state index in [4.69, 9.17) is 4.74 Å². The summed E-state index contributed by atoms with van der Waals surface area (Å²) in [5, 5.41) is 0. The molecule has 0 N–H and O–H groups in total. The minimum absolute atomic E-state index is 0.129. The van der Waals surface area contributed by atoms with Gasteiger partial charge in [-0.1, -0.05) is 5.92 Å². The zero-order chi connectivity index (χ0) is 9.52. The maximum absolute atomic E-state index is 11.2. The average molecular weight is 287 g/mol. The molecule has 13 heavy (non-hydrogen) atoms. The van der Waals surface area contributed by atoms with Crippen LogP contribution < -0.4 is 0 Å². The first-order valence-electron chi connectivity index (χ1n) is 3.50. The van der Waals surface area contributed by atoms with E-state index in [-0.39, 0.29) is 12.6 Å². The van der Waals surface area contributed by atoms with Gasteiger partial charge in [-0.2, -0.15) is 0 Å². The minimum Gasteiger partial charge on any atom is -0.449 e. The van der Waals surface area contributed by atoms with Crippen LogP contribution in [0.15, 0.2) is 24.5 Å². The van der Waals surface area contributed by atoms with Crippen molar-refractivity contribution in [1.29, 1.82) is 0 Å². The first kappa shape index (κ1) is 9.99. The SMILES string of the molecule is O=C(OCC#CI)c1ccncc1.